The van der Waals surface area contributed by atoms with Crippen LogP contribution < -0.4 is 5.11 Å². The zero-order valence-corrected chi connectivity index (χ0v) is 20.6. The molecule has 0 aliphatic rings. The van der Waals surface area contributed by atoms with Crippen LogP contribution in [0.5, 0.6) is 0 Å². The Morgan fingerprint density at radius 2 is 1.16 bits per heavy atom. The van der Waals surface area contributed by atoms with Crippen molar-refractivity contribution in [2.24, 2.45) is 0 Å². The normalized spacial score (nSPS) is 16.4. The van der Waals surface area contributed by atoms with Crippen molar-refractivity contribution in [3.63, 3.8) is 0 Å². The molecule has 0 aliphatic heterocycles. The first-order valence-electron chi connectivity index (χ1n) is 12.4. The highest BCUT2D eigenvalue weighted by atomic mass is 16.4. The fourth-order valence-electron chi connectivity index (χ4n) is 5.01. The quantitative estimate of drug-likeness (QED) is 0.162. The largest absolute Gasteiger partial charge is 0.544 e. The standard InChI is InChI=1S/C25H45NO6/c1-5-9-10-11-12-13-14-15-16-17-18-19-26(20(6-2)23(27)28,21(7-3)24(29)30)22(8-4)25(31)32/h14-15,20-22H,5-13,16-19H2,1-4H3,(H2-,27,28,29,30,31,32)/b15-14+. The number of unbranched alkanes of at least 4 members (excludes halogenated alkanes) is 7. The fourth-order valence-corrected chi connectivity index (χ4v) is 5.01. The molecular formula is C25H45NO6. The second-order valence-electron chi connectivity index (χ2n) is 8.66. The van der Waals surface area contributed by atoms with Crippen LogP contribution in [-0.2, 0) is 14.4 Å². The van der Waals surface area contributed by atoms with Crippen molar-refractivity contribution < 1.29 is 34.2 Å². The average Bonchev–Trinajstić information content (AvgIpc) is 2.72. The maximum atomic E-state index is 12.1. The number of allylic oxidation sites excluding steroid dienone is 2. The molecule has 0 aromatic rings. The Morgan fingerprint density at radius 3 is 1.53 bits per heavy atom. The van der Waals surface area contributed by atoms with Gasteiger partial charge in [0.2, 0.25) is 0 Å². The highest BCUT2D eigenvalue weighted by Gasteiger charge is 2.53. The van der Waals surface area contributed by atoms with Crippen molar-refractivity contribution in [3.8, 4) is 0 Å². The molecule has 3 unspecified atom stereocenters. The van der Waals surface area contributed by atoms with Gasteiger partial charge in [0.1, 0.15) is 6.04 Å². The van der Waals surface area contributed by atoms with E-state index in [0.717, 1.165) is 19.3 Å². The van der Waals surface area contributed by atoms with Crippen LogP contribution in [0.15, 0.2) is 12.2 Å². The highest BCUT2D eigenvalue weighted by molar-refractivity contribution is 5.77. The minimum atomic E-state index is -1.38. The number of quaternary nitrogens is 1. The fraction of sp³-hybridized carbons (Fsp3) is 0.800. The van der Waals surface area contributed by atoms with E-state index in [1.165, 1.54) is 32.1 Å². The van der Waals surface area contributed by atoms with Gasteiger partial charge in [-0.05, 0) is 32.1 Å². The predicted molar refractivity (Wildman–Crippen MR) is 124 cm³/mol. The summed E-state index contributed by atoms with van der Waals surface area (Å²) >= 11 is 0. The Morgan fingerprint density at radius 1 is 0.719 bits per heavy atom. The number of nitrogens with zero attached hydrogens (tertiary/aromatic N) is 1. The van der Waals surface area contributed by atoms with Gasteiger partial charge in [-0.15, -0.1) is 0 Å². The summed E-state index contributed by atoms with van der Waals surface area (Å²) in [5, 5.41) is 31.9. The van der Waals surface area contributed by atoms with Crippen molar-refractivity contribution in [1.29, 1.82) is 0 Å². The van der Waals surface area contributed by atoms with E-state index in [-0.39, 0.29) is 25.8 Å². The number of carboxylic acids is 3. The monoisotopic (exact) mass is 455 g/mol. The lowest BCUT2D eigenvalue weighted by Gasteiger charge is -2.51. The molecule has 0 saturated heterocycles. The molecule has 0 aliphatic carbocycles. The van der Waals surface area contributed by atoms with Crippen molar-refractivity contribution in [2.45, 2.75) is 123 Å². The third kappa shape index (κ3) is 8.93. The molecule has 3 atom stereocenters. The van der Waals surface area contributed by atoms with Crippen LogP contribution in [0.4, 0.5) is 0 Å². The van der Waals surface area contributed by atoms with Gasteiger partial charge in [-0.3, -0.25) is 4.48 Å². The molecule has 7 nitrogen and oxygen atoms in total. The SMILES string of the molecule is CCCCCCC/C=C/CCCC[N+](C(CC)C(=O)[O-])(C(CC)C(=O)O)C(CC)C(=O)O. The number of hydrogen-bond donors (Lipinski definition) is 2. The summed E-state index contributed by atoms with van der Waals surface area (Å²) in [6.45, 7) is 7.38. The Bertz CT molecular complexity index is 534. The number of aliphatic carboxylic acids is 3. The van der Waals surface area contributed by atoms with Gasteiger partial charge >= 0.3 is 11.9 Å². The Balaban J connectivity index is 5.42. The first kappa shape index (κ1) is 30.1. The maximum absolute atomic E-state index is 12.1. The topological polar surface area (TPSA) is 115 Å². The lowest BCUT2D eigenvalue weighted by Crippen LogP contribution is -2.73. The van der Waals surface area contributed by atoms with Crippen LogP contribution in [0.1, 0.15) is 105 Å². The van der Waals surface area contributed by atoms with Crippen molar-refractivity contribution >= 4 is 17.9 Å². The molecule has 186 valence electrons. The van der Waals surface area contributed by atoms with Crippen LogP contribution in [0.2, 0.25) is 0 Å². The van der Waals surface area contributed by atoms with E-state index < -0.39 is 40.5 Å². The van der Waals surface area contributed by atoms with E-state index in [4.69, 9.17) is 0 Å². The molecule has 0 aromatic carbocycles. The van der Waals surface area contributed by atoms with Crippen LogP contribution >= 0.6 is 0 Å². The van der Waals surface area contributed by atoms with Crippen LogP contribution in [0.25, 0.3) is 0 Å². The third-order valence-corrected chi connectivity index (χ3v) is 6.55. The number of carboxylic acid groups (broad SMARTS) is 3. The number of carbonyl (C=O) groups is 3. The third-order valence-electron chi connectivity index (χ3n) is 6.55. The van der Waals surface area contributed by atoms with E-state index in [9.17, 15) is 29.7 Å². The average molecular weight is 456 g/mol. The molecule has 0 rings (SSSR count). The van der Waals surface area contributed by atoms with Gasteiger partial charge in [0.25, 0.3) is 0 Å². The minimum Gasteiger partial charge on any atom is -0.544 e. The lowest BCUT2D eigenvalue weighted by atomic mass is 9.94. The van der Waals surface area contributed by atoms with E-state index in [0.29, 0.717) is 6.42 Å². The van der Waals surface area contributed by atoms with Gasteiger partial charge < -0.3 is 20.1 Å². The molecule has 0 bridgehead atoms. The smallest absolute Gasteiger partial charge is 0.362 e. The highest BCUT2D eigenvalue weighted by Crippen LogP contribution is 2.32. The van der Waals surface area contributed by atoms with Crippen LogP contribution in [-0.4, -0.2) is 57.3 Å². The summed E-state index contributed by atoms with van der Waals surface area (Å²) in [4.78, 5) is 36.3. The molecule has 0 saturated carbocycles. The van der Waals surface area contributed by atoms with Gasteiger partial charge in [-0.1, -0.05) is 65.5 Å². The van der Waals surface area contributed by atoms with Gasteiger partial charge in [-0.25, -0.2) is 9.59 Å². The van der Waals surface area contributed by atoms with Crippen LogP contribution in [0, 0.1) is 0 Å². The second-order valence-corrected chi connectivity index (χ2v) is 8.66. The van der Waals surface area contributed by atoms with Gasteiger partial charge in [0.15, 0.2) is 12.1 Å². The van der Waals surface area contributed by atoms with Crippen LogP contribution in [0.3, 0.4) is 0 Å². The van der Waals surface area contributed by atoms with E-state index in [1.54, 1.807) is 20.8 Å². The second kappa shape index (κ2) is 16.7. The molecule has 0 amide bonds. The first-order valence-corrected chi connectivity index (χ1v) is 12.4. The summed E-state index contributed by atoms with van der Waals surface area (Å²) in [5.41, 5.74) is 0. The van der Waals surface area contributed by atoms with Crippen molar-refractivity contribution in [2.75, 3.05) is 6.54 Å². The zero-order valence-electron chi connectivity index (χ0n) is 20.6. The molecule has 0 heterocycles. The Labute approximate surface area is 194 Å². The molecule has 0 aromatic heterocycles. The summed E-state index contributed by atoms with van der Waals surface area (Å²) < 4.78 is -0.488. The Kier molecular flexibility index (Phi) is 15.7. The summed E-state index contributed by atoms with van der Waals surface area (Å²) in [6.07, 6.45) is 14.1. The molecule has 32 heavy (non-hydrogen) atoms. The summed E-state index contributed by atoms with van der Waals surface area (Å²) in [6, 6.07) is -3.41. The van der Waals surface area contributed by atoms with E-state index >= 15 is 0 Å². The molecule has 0 spiro atoms. The molecular weight excluding hydrogens is 410 g/mol. The molecule has 7 heteroatoms. The van der Waals surface area contributed by atoms with E-state index in [2.05, 4.69) is 19.1 Å². The molecule has 0 radical (unpaired) electrons. The van der Waals surface area contributed by atoms with Crippen molar-refractivity contribution in [1.82, 2.24) is 0 Å². The lowest BCUT2D eigenvalue weighted by molar-refractivity contribution is -0.974. The number of carbonyl (C=O) groups excluding carboxylic acids is 1. The summed E-state index contributed by atoms with van der Waals surface area (Å²) in [5.74, 6) is -3.69. The van der Waals surface area contributed by atoms with Gasteiger partial charge in [0.05, 0.1) is 12.5 Å². The zero-order chi connectivity index (χ0) is 24.6. The van der Waals surface area contributed by atoms with Crippen molar-refractivity contribution in [3.05, 3.63) is 12.2 Å². The number of hydrogen-bond acceptors (Lipinski definition) is 4. The van der Waals surface area contributed by atoms with E-state index in [1.807, 2.05) is 0 Å². The number of rotatable bonds is 20. The maximum Gasteiger partial charge on any atom is 0.362 e. The molecule has 0 fully saturated rings. The van der Waals surface area contributed by atoms with Gasteiger partial charge in [0, 0.05) is 19.3 Å². The molecule has 2 N–H and O–H groups in total. The summed E-state index contributed by atoms with van der Waals surface area (Å²) in [7, 11) is 0. The minimum absolute atomic E-state index is 0.119. The first-order chi connectivity index (χ1) is 15.2. The predicted octanol–water partition coefficient (Wildman–Crippen LogP) is 4.15. The van der Waals surface area contributed by atoms with Gasteiger partial charge in [-0.2, -0.15) is 0 Å². The Hall–Kier alpha value is -1.89.